The molecule has 33 heavy (non-hydrogen) atoms. The maximum absolute atomic E-state index is 13.0. The van der Waals surface area contributed by atoms with Gasteiger partial charge in [-0.1, -0.05) is 24.0 Å². The molecule has 0 atom stereocenters. The van der Waals surface area contributed by atoms with Gasteiger partial charge in [-0.15, -0.1) is 0 Å². The summed E-state index contributed by atoms with van der Waals surface area (Å²) in [6.07, 6.45) is -4.48. The number of carbonyl (C=O) groups excluding carboxylic acids is 1. The van der Waals surface area contributed by atoms with Crippen molar-refractivity contribution in [3.05, 3.63) is 95.3 Å². The minimum atomic E-state index is -4.48. The van der Waals surface area contributed by atoms with Crippen LogP contribution in [0.1, 0.15) is 21.5 Å². The molecule has 0 spiro atoms. The van der Waals surface area contributed by atoms with E-state index in [4.69, 9.17) is 0 Å². The van der Waals surface area contributed by atoms with Crippen molar-refractivity contribution < 1.29 is 30.8 Å². The van der Waals surface area contributed by atoms with E-state index in [-0.39, 0.29) is 28.3 Å². The lowest BCUT2D eigenvalue weighted by Gasteiger charge is -2.09. The number of carbonyl (C=O) groups is 1. The van der Waals surface area contributed by atoms with Gasteiger partial charge in [0.25, 0.3) is 15.9 Å². The summed E-state index contributed by atoms with van der Waals surface area (Å²) in [5.41, 5.74) is -0.501. The number of benzene rings is 3. The number of anilines is 1. The van der Waals surface area contributed by atoms with Crippen molar-refractivity contribution in [3.8, 4) is 11.8 Å². The monoisotopic (exact) mass is 476 g/mol. The summed E-state index contributed by atoms with van der Waals surface area (Å²) in [5, 5.41) is 2.46. The topological polar surface area (TPSA) is 75.3 Å². The maximum Gasteiger partial charge on any atom is 0.416 e. The standard InChI is InChI=1S/C23H16F4N2O3S/c24-19-9-11-20(12-10-19)29-33(31,32)21-8-2-6-17(15-21)22(30)28-13-3-5-16-4-1-7-18(14-16)23(25,26)27/h1-2,4,6-12,14-15,29H,13H2,(H,28,30). The van der Waals surface area contributed by atoms with Crippen molar-refractivity contribution in [2.75, 3.05) is 11.3 Å². The number of sulfonamides is 1. The molecule has 0 fully saturated rings. The van der Waals surface area contributed by atoms with Crippen molar-refractivity contribution in [2.45, 2.75) is 11.1 Å². The fraction of sp³-hybridized carbons (Fsp3) is 0.0870. The molecule has 0 saturated carbocycles. The Hall–Kier alpha value is -3.84. The van der Waals surface area contributed by atoms with Gasteiger partial charge in [-0.2, -0.15) is 13.2 Å². The zero-order valence-electron chi connectivity index (χ0n) is 16.8. The molecule has 2 N–H and O–H groups in total. The van der Waals surface area contributed by atoms with E-state index in [1.807, 2.05) is 0 Å². The first kappa shape index (κ1) is 23.8. The average molecular weight is 476 g/mol. The zero-order valence-corrected chi connectivity index (χ0v) is 17.6. The summed E-state index contributed by atoms with van der Waals surface area (Å²) in [5.74, 6) is 3.95. The summed E-state index contributed by atoms with van der Waals surface area (Å²) in [6, 6.07) is 14.4. The Kier molecular flexibility index (Phi) is 7.04. The van der Waals surface area contributed by atoms with Crippen LogP contribution >= 0.6 is 0 Å². The van der Waals surface area contributed by atoms with E-state index in [9.17, 15) is 30.8 Å². The molecule has 0 radical (unpaired) electrons. The smallest absolute Gasteiger partial charge is 0.341 e. The molecule has 0 unspecified atom stereocenters. The van der Waals surface area contributed by atoms with Crippen molar-refractivity contribution in [1.29, 1.82) is 0 Å². The number of alkyl halides is 3. The van der Waals surface area contributed by atoms with Crippen LogP contribution in [-0.2, 0) is 16.2 Å². The van der Waals surface area contributed by atoms with E-state index < -0.39 is 33.5 Å². The number of nitrogens with one attached hydrogen (secondary N) is 2. The van der Waals surface area contributed by atoms with E-state index in [2.05, 4.69) is 21.9 Å². The van der Waals surface area contributed by atoms with Gasteiger partial charge in [0, 0.05) is 16.8 Å². The Morgan fingerprint density at radius 3 is 2.33 bits per heavy atom. The molecule has 0 aromatic heterocycles. The first-order valence-electron chi connectivity index (χ1n) is 9.37. The highest BCUT2D eigenvalue weighted by atomic mass is 32.2. The largest absolute Gasteiger partial charge is 0.416 e. The minimum absolute atomic E-state index is 0.0397. The van der Waals surface area contributed by atoms with Gasteiger partial charge < -0.3 is 5.32 Å². The quantitative estimate of drug-likeness (QED) is 0.423. The average Bonchev–Trinajstić information content (AvgIpc) is 2.78. The number of amides is 1. The fourth-order valence-electron chi connectivity index (χ4n) is 2.68. The summed E-state index contributed by atoms with van der Waals surface area (Å²) >= 11 is 0. The van der Waals surface area contributed by atoms with Crippen molar-refractivity contribution >= 4 is 21.6 Å². The Labute approximate surface area is 187 Å². The molecule has 10 heteroatoms. The highest BCUT2D eigenvalue weighted by Crippen LogP contribution is 2.29. The van der Waals surface area contributed by atoms with E-state index in [1.165, 1.54) is 42.5 Å². The van der Waals surface area contributed by atoms with E-state index in [1.54, 1.807) is 0 Å². The summed E-state index contributed by atoms with van der Waals surface area (Å²) in [6.45, 7) is -0.167. The number of hydrogen-bond acceptors (Lipinski definition) is 3. The Morgan fingerprint density at radius 1 is 0.939 bits per heavy atom. The molecule has 0 saturated heterocycles. The van der Waals surface area contributed by atoms with Crippen molar-refractivity contribution in [2.24, 2.45) is 0 Å². The second-order valence-electron chi connectivity index (χ2n) is 6.70. The van der Waals surface area contributed by atoms with Crippen LogP contribution in [0.15, 0.2) is 77.7 Å². The van der Waals surface area contributed by atoms with Gasteiger partial charge in [0.1, 0.15) is 5.82 Å². The van der Waals surface area contributed by atoms with Crippen LogP contribution in [0.4, 0.5) is 23.2 Å². The van der Waals surface area contributed by atoms with Crippen LogP contribution < -0.4 is 10.0 Å². The molecule has 0 aliphatic rings. The molecule has 3 rings (SSSR count). The van der Waals surface area contributed by atoms with Crippen LogP contribution in [0.2, 0.25) is 0 Å². The summed E-state index contributed by atoms with van der Waals surface area (Å²) in [4.78, 5) is 12.1. The van der Waals surface area contributed by atoms with Crippen molar-refractivity contribution in [1.82, 2.24) is 5.32 Å². The van der Waals surface area contributed by atoms with Gasteiger partial charge in [0.05, 0.1) is 17.0 Å². The molecular formula is C23H16F4N2O3S. The predicted octanol–water partition coefficient (Wildman–Crippen LogP) is 4.43. The van der Waals surface area contributed by atoms with Crippen molar-refractivity contribution in [3.63, 3.8) is 0 Å². The van der Waals surface area contributed by atoms with Crippen LogP contribution in [0, 0.1) is 17.7 Å². The minimum Gasteiger partial charge on any atom is -0.341 e. The maximum atomic E-state index is 13.0. The molecule has 0 heterocycles. The third-order valence-corrected chi connectivity index (χ3v) is 5.64. The highest BCUT2D eigenvalue weighted by molar-refractivity contribution is 7.92. The molecule has 5 nitrogen and oxygen atoms in total. The molecule has 3 aromatic rings. The Balaban J connectivity index is 1.66. The van der Waals surface area contributed by atoms with Crippen LogP contribution in [0.3, 0.4) is 0 Å². The van der Waals surface area contributed by atoms with Gasteiger partial charge in [-0.25, -0.2) is 12.8 Å². The number of rotatable bonds is 5. The van der Waals surface area contributed by atoms with Gasteiger partial charge >= 0.3 is 6.18 Å². The third-order valence-electron chi connectivity index (χ3n) is 4.26. The molecule has 0 aliphatic heterocycles. The summed E-state index contributed by atoms with van der Waals surface area (Å²) < 4.78 is 78.6. The first-order valence-corrected chi connectivity index (χ1v) is 10.9. The van der Waals surface area contributed by atoms with Gasteiger partial charge in [-0.05, 0) is 60.7 Å². The summed E-state index contributed by atoms with van der Waals surface area (Å²) in [7, 11) is -4.03. The Bertz CT molecular complexity index is 1330. The van der Waals surface area contributed by atoms with Gasteiger partial charge in [0.2, 0.25) is 0 Å². The molecular weight excluding hydrogens is 460 g/mol. The molecule has 1 amide bonds. The first-order chi connectivity index (χ1) is 15.5. The van der Waals surface area contributed by atoms with E-state index in [0.717, 1.165) is 30.3 Å². The highest BCUT2D eigenvalue weighted by Gasteiger charge is 2.30. The molecule has 0 bridgehead atoms. The normalized spacial score (nSPS) is 11.3. The van der Waals surface area contributed by atoms with Gasteiger partial charge in [0.15, 0.2) is 0 Å². The second kappa shape index (κ2) is 9.75. The molecule has 170 valence electrons. The fourth-order valence-corrected chi connectivity index (χ4v) is 3.79. The van der Waals surface area contributed by atoms with E-state index in [0.29, 0.717) is 0 Å². The lowest BCUT2D eigenvalue weighted by molar-refractivity contribution is -0.137. The molecule has 0 aliphatic carbocycles. The predicted molar refractivity (Wildman–Crippen MR) is 114 cm³/mol. The van der Waals surface area contributed by atoms with E-state index >= 15 is 0 Å². The second-order valence-corrected chi connectivity index (χ2v) is 8.39. The SMILES string of the molecule is O=C(NCC#Cc1cccc(C(F)(F)F)c1)c1cccc(S(=O)(=O)Nc2ccc(F)cc2)c1. The van der Waals surface area contributed by atoms with Crippen LogP contribution in [0.5, 0.6) is 0 Å². The Morgan fingerprint density at radius 2 is 1.64 bits per heavy atom. The van der Waals surface area contributed by atoms with Crippen LogP contribution in [-0.4, -0.2) is 20.9 Å². The van der Waals surface area contributed by atoms with Gasteiger partial charge in [-0.3, -0.25) is 9.52 Å². The van der Waals surface area contributed by atoms with Crippen LogP contribution in [0.25, 0.3) is 0 Å². The number of hydrogen-bond donors (Lipinski definition) is 2. The lowest BCUT2D eigenvalue weighted by atomic mass is 10.1. The molecule has 3 aromatic carbocycles. The zero-order chi connectivity index (χ0) is 24.1. The third kappa shape index (κ3) is 6.57. The lowest BCUT2D eigenvalue weighted by Crippen LogP contribution is -2.24. The number of halogens is 4.